The lowest BCUT2D eigenvalue weighted by Crippen LogP contribution is -2.20. The number of halogens is 1. The number of rotatable bonds is 3. The van der Waals surface area contributed by atoms with Crippen LogP contribution < -0.4 is 10.6 Å². The third-order valence-corrected chi connectivity index (χ3v) is 3.88. The number of hydrogen-bond donors (Lipinski definition) is 3. The molecule has 0 saturated heterocycles. The molecule has 0 saturated carbocycles. The molecule has 5 nitrogen and oxygen atoms in total. The number of carbonyl (C=O) groups excluding carboxylic acids is 1. The van der Waals surface area contributed by atoms with E-state index in [0.29, 0.717) is 10.7 Å². The number of hydrogen-bond acceptors (Lipinski definition) is 3. The first kappa shape index (κ1) is 14.4. The largest absolute Gasteiger partial charge is 0.478 e. The number of carboxylic acid groups (broad SMARTS) is 1. The Morgan fingerprint density at radius 2 is 2.00 bits per heavy atom. The lowest BCUT2D eigenvalue weighted by molar-refractivity contribution is 0.0698. The maximum Gasteiger partial charge on any atom is 0.338 e. The number of carbonyl (C=O) groups is 2. The highest BCUT2D eigenvalue weighted by atomic mass is 35.5. The number of aromatic carboxylic acids is 1. The molecule has 0 atom stereocenters. The highest BCUT2D eigenvalue weighted by molar-refractivity contribution is 7.14. The summed E-state index contributed by atoms with van der Waals surface area (Å²) in [5.74, 6) is -1.08. The molecule has 1 heterocycles. The summed E-state index contributed by atoms with van der Waals surface area (Å²) < 4.78 is 0. The lowest BCUT2D eigenvalue weighted by Gasteiger charge is -2.10. The summed E-state index contributed by atoms with van der Waals surface area (Å²) in [4.78, 5) is 22.8. The quantitative estimate of drug-likeness (QED) is 0.800. The van der Waals surface area contributed by atoms with E-state index in [0.717, 1.165) is 16.9 Å². The van der Waals surface area contributed by atoms with Crippen LogP contribution in [0, 0.1) is 6.92 Å². The number of thiophene rings is 1. The molecule has 0 radical (unpaired) electrons. The molecule has 2 amide bonds. The van der Waals surface area contributed by atoms with Crippen LogP contribution in [0.3, 0.4) is 0 Å². The average molecular weight is 311 g/mol. The molecule has 7 heteroatoms. The Morgan fingerprint density at radius 3 is 2.70 bits per heavy atom. The molecular weight excluding hydrogens is 300 g/mol. The number of nitrogens with one attached hydrogen (secondary N) is 2. The maximum absolute atomic E-state index is 11.9. The molecule has 1 aromatic carbocycles. The van der Waals surface area contributed by atoms with Gasteiger partial charge in [0.05, 0.1) is 5.56 Å². The molecule has 20 heavy (non-hydrogen) atoms. The van der Waals surface area contributed by atoms with Crippen LogP contribution in [0.15, 0.2) is 29.6 Å². The van der Waals surface area contributed by atoms with Gasteiger partial charge in [0.25, 0.3) is 0 Å². The highest BCUT2D eigenvalue weighted by Crippen LogP contribution is 2.25. The van der Waals surface area contributed by atoms with Gasteiger partial charge in [0, 0.05) is 10.7 Å². The first-order chi connectivity index (χ1) is 9.49. The smallest absolute Gasteiger partial charge is 0.338 e. The van der Waals surface area contributed by atoms with Gasteiger partial charge in [-0.25, -0.2) is 9.59 Å². The zero-order chi connectivity index (χ0) is 14.7. The fourth-order valence-corrected chi connectivity index (χ4v) is 2.52. The molecule has 0 bridgehead atoms. The second-order valence-corrected chi connectivity index (χ2v) is 5.28. The molecule has 2 rings (SSSR count). The molecule has 104 valence electrons. The standard InChI is InChI=1S/C13H11ClN2O3S/c1-7-9(14)3-2-4-10(7)15-13(19)16-11-8(12(17)18)5-6-20-11/h2-6H,1H3,(H,17,18)(H2,15,16,19). The van der Waals surface area contributed by atoms with Crippen LogP contribution >= 0.6 is 22.9 Å². The summed E-state index contributed by atoms with van der Waals surface area (Å²) in [6.07, 6.45) is 0. The second kappa shape index (κ2) is 5.94. The van der Waals surface area contributed by atoms with E-state index in [2.05, 4.69) is 10.6 Å². The van der Waals surface area contributed by atoms with Gasteiger partial charge >= 0.3 is 12.0 Å². The van der Waals surface area contributed by atoms with Crippen LogP contribution in [-0.2, 0) is 0 Å². The first-order valence-electron chi connectivity index (χ1n) is 5.63. The van der Waals surface area contributed by atoms with E-state index < -0.39 is 12.0 Å². The third-order valence-electron chi connectivity index (χ3n) is 2.64. The maximum atomic E-state index is 11.9. The molecule has 0 aliphatic carbocycles. The van der Waals surface area contributed by atoms with Crippen molar-refractivity contribution in [3.05, 3.63) is 45.8 Å². The zero-order valence-corrected chi connectivity index (χ0v) is 12.0. The monoisotopic (exact) mass is 310 g/mol. The van der Waals surface area contributed by atoms with Gasteiger partial charge in [-0.1, -0.05) is 17.7 Å². The van der Waals surface area contributed by atoms with Crippen LogP contribution in [0.2, 0.25) is 5.02 Å². The highest BCUT2D eigenvalue weighted by Gasteiger charge is 2.14. The van der Waals surface area contributed by atoms with Crippen molar-refractivity contribution in [3.63, 3.8) is 0 Å². The lowest BCUT2D eigenvalue weighted by atomic mass is 10.2. The van der Waals surface area contributed by atoms with Crippen molar-refractivity contribution in [2.24, 2.45) is 0 Å². The van der Waals surface area contributed by atoms with E-state index in [4.69, 9.17) is 16.7 Å². The van der Waals surface area contributed by atoms with Crippen LogP contribution in [0.4, 0.5) is 15.5 Å². The number of benzene rings is 1. The fraction of sp³-hybridized carbons (Fsp3) is 0.0769. The van der Waals surface area contributed by atoms with Gasteiger partial charge in [0.15, 0.2) is 0 Å². The Kier molecular flexibility index (Phi) is 4.26. The molecule has 2 aromatic rings. The van der Waals surface area contributed by atoms with E-state index in [9.17, 15) is 9.59 Å². The van der Waals surface area contributed by atoms with E-state index in [1.807, 2.05) is 0 Å². The van der Waals surface area contributed by atoms with Crippen molar-refractivity contribution >= 4 is 45.6 Å². The Morgan fingerprint density at radius 1 is 1.25 bits per heavy atom. The first-order valence-corrected chi connectivity index (χ1v) is 6.88. The molecule has 0 aliphatic rings. The molecule has 0 spiro atoms. The summed E-state index contributed by atoms with van der Waals surface area (Å²) in [6, 6.07) is 6.08. The van der Waals surface area contributed by atoms with Crippen molar-refractivity contribution in [2.75, 3.05) is 10.6 Å². The van der Waals surface area contributed by atoms with Crippen LogP contribution in [0.1, 0.15) is 15.9 Å². The van der Waals surface area contributed by atoms with Gasteiger partial charge < -0.3 is 10.4 Å². The Bertz CT molecular complexity index is 669. The predicted molar refractivity (Wildman–Crippen MR) is 80.1 cm³/mol. The summed E-state index contributed by atoms with van der Waals surface area (Å²) >= 11 is 7.10. The SMILES string of the molecule is Cc1c(Cl)cccc1NC(=O)Nc1sccc1C(=O)O. The summed E-state index contributed by atoms with van der Waals surface area (Å²) in [7, 11) is 0. The minimum atomic E-state index is -1.08. The summed E-state index contributed by atoms with van der Waals surface area (Å²) in [6.45, 7) is 1.78. The van der Waals surface area contributed by atoms with E-state index >= 15 is 0 Å². The van der Waals surface area contributed by atoms with E-state index in [-0.39, 0.29) is 10.6 Å². The molecule has 1 aromatic heterocycles. The van der Waals surface area contributed by atoms with Crippen LogP contribution in [0.5, 0.6) is 0 Å². The minimum Gasteiger partial charge on any atom is -0.478 e. The topological polar surface area (TPSA) is 78.4 Å². The molecule has 3 N–H and O–H groups in total. The van der Waals surface area contributed by atoms with Gasteiger partial charge in [-0.05, 0) is 36.1 Å². The third kappa shape index (κ3) is 3.09. The van der Waals surface area contributed by atoms with E-state index in [1.54, 1.807) is 30.5 Å². The van der Waals surface area contributed by atoms with Crippen LogP contribution in [0.25, 0.3) is 0 Å². The van der Waals surface area contributed by atoms with Gasteiger partial charge in [-0.3, -0.25) is 5.32 Å². The van der Waals surface area contributed by atoms with Gasteiger partial charge in [-0.15, -0.1) is 11.3 Å². The van der Waals surface area contributed by atoms with E-state index in [1.165, 1.54) is 6.07 Å². The van der Waals surface area contributed by atoms with Crippen molar-refractivity contribution < 1.29 is 14.7 Å². The zero-order valence-electron chi connectivity index (χ0n) is 10.4. The minimum absolute atomic E-state index is 0.0629. The van der Waals surface area contributed by atoms with Crippen molar-refractivity contribution in [3.8, 4) is 0 Å². The Hall–Kier alpha value is -2.05. The van der Waals surface area contributed by atoms with Gasteiger partial charge in [0.1, 0.15) is 5.00 Å². The number of carboxylic acids is 1. The number of anilines is 2. The molecule has 0 fully saturated rings. The van der Waals surface area contributed by atoms with Crippen molar-refractivity contribution in [1.82, 2.24) is 0 Å². The molecule has 0 aliphatic heterocycles. The average Bonchev–Trinajstić information content (AvgIpc) is 2.83. The summed E-state index contributed by atoms with van der Waals surface area (Å²) in [5, 5.41) is 16.5. The van der Waals surface area contributed by atoms with Crippen molar-refractivity contribution in [2.45, 2.75) is 6.92 Å². The number of amides is 2. The molecule has 0 unspecified atom stereocenters. The Labute approximate surface area is 124 Å². The van der Waals surface area contributed by atoms with Gasteiger partial charge in [-0.2, -0.15) is 0 Å². The fourth-order valence-electron chi connectivity index (χ4n) is 1.57. The Balaban J connectivity index is 2.11. The second-order valence-electron chi connectivity index (χ2n) is 3.96. The summed E-state index contributed by atoms with van der Waals surface area (Å²) in [5.41, 5.74) is 1.38. The molecular formula is C13H11ClN2O3S. The van der Waals surface area contributed by atoms with Gasteiger partial charge in [0.2, 0.25) is 0 Å². The normalized spacial score (nSPS) is 10.1. The van der Waals surface area contributed by atoms with Crippen LogP contribution in [-0.4, -0.2) is 17.1 Å². The predicted octanol–water partition coefficient (Wildman–Crippen LogP) is 4.05. The number of urea groups is 1. The van der Waals surface area contributed by atoms with Crippen molar-refractivity contribution in [1.29, 1.82) is 0 Å².